The first kappa shape index (κ1) is 16.7. The lowest BCUT2D eigenvalue weighted by Gasteiger charge is -2.22. The molecule has 0 aliphatic carbocycles. The van der Waals surface area contributed by atoms with Gasteiger partial charge >= 0.3 is 0 Å². The Bertz CT molecular complexity index is 889. The molecule has 1 aliphatic rings. The zero-order valence-electron chi connectivity index (χ0n) is 14.8. The van der Waals surface area contributed by atoms with Crippen molar-refractivity contribution in [1.82, 2.24) is 14.8 Å². The van der Waals surface area contributed by atoms with Crippen LogP contribution in [-0.4, -0.2) is 46.9 Å². The summed E-state index contributed by atoms with van der Waals surface area (Å²) in [6.07, 6.45) is 2.73. The van der Waals surface area contributed by atoms with Crippen LogP contribution in [0.4, 0.5) is 0 Å². The minimum absolute atomic E-state index is 0.116. The molecule has 0 radical (unpaired) electrons. The maximum absolute atomic E-state index is 13.1. The van der Waals surface area contributed by atoms with Gasteiger partial charge in [0.25, 0.3) is 5.91 Å². The van der Waals surface area contributed by atoms with Crippen molar-refractivity contribution in [2.24, 2.45) is 0 Å². The van der Waals surface area contributed by atoms with E-state index in [9.17, 15) is 4.79 Å². The monoisotopic (exact) mass is 345 g/mol. The molecule has 4 rings (SSSR count). The Morgan fingerprint density at radius 1 is 0.885 bits per heavy atom. The van der Waals surface area contributed by atoms with E-state index < -0.39 is 0 Å². The molecule has 0 unspecified atom stereocenters. The maximum Gasteiger partial charge on any atom is 0.254 e. The highest BCUT2D eigenvalue weighted by Crippen LogP contribution is 2.19. The summed E-state index contributed by atoms with van der Waals surface area (Å²) in [5, 5.41) is 0.936. The summed E-state index contributed by atoms with van der Waals surface area (Å²) >= 11 is 0. The molecule has 0 bridgehead atoms. The SMILES string of the molecule is O=C(c1ccnc2ccccc12)N1CCCN(Cc2ccccc2)CC1. The van der Waals surface area contributed by atoms with Gasteiger partial charge in [-0.1, -0.05) is 48.5 Å². The third-order valence-electron chi connectivity index (χ3n) is 5.00. The van der Waals surface area contributed by atoms with Crippen molar-refractivity contribution in [3.8, 4) is 0 Å². The molecule has 0 saturated carbocycles. The van der Waals surface area contributed by atoms with E-state index in [2.05, 4.69) is 34.1 Å². The number of fused-ring (bicyclic) bond motifs is 1. The van der Waals surface area contributed by atoms with Crippen molar-refractivity contribution in [2.75, 3.05) is 26.2 Å². The first-order valence-electron chi connectivity index (χ1n) is 9.20. The molecule has 0 spiro atoms. The predicted molar refractivity (Wildman–Crippen MR) is 104 cm³/mol. The van der Waals surface area contributed by atoms with Crippen LogP contribution in [0.15, 0.2) is 66.9 Å². The smallest absolute Gasteiger partial charge is 0.254 e. The first-order chi connectivity index (χ1) is 12.8. The maximum atomic E-state index is 13.1. The van der Waals surface area contributed by atoms with Crippen molar-refractivity contribution in [3.63, 3.8) is 0 Å². The average molecular weight is 345 g/mol. The van der Waals surface area contributed by atoms with Crippen LogP contribution in [0.5, 0.6) is 0 Å². The van der Waals surface area contributed by atoms with Crippen molar-refractivity contribution in [1.29, 1.82) is 0 Å². The summed E-state index contributed by atoms with van der Waals surface area (Å²) < 4.78 is 0. The molecule has 0 N–H and O–H groups in total. The number of amides is 1. The van der Waals surface area contributed by atoms with Crippen molar-refractivity contribution >= 4 is 16.8 Å². The van der Waals surface area contributed by atoms with Crippen molar-refractivity contribution < 1.29 is 4.79 Å². The highest BCUT2D eigenvalue weighted by Gasteiger charge is 2.21. The molecule has 4 nitrogen and oxygen atoms in total. The second-order valence-corrected chi connectivity index (χ2v) is 6.78. The van der Waals surface area contributed by atoms with Gasteiger partial charge in [-0.15, -0.1) is 0 Å². The minimum atomic E-state index is 0.116. The second kappa shape index (κ2) is 7.67. The summed E-state index contributed by atoms with van der Waals surface area (Å²) in [5.74, 6) is 0.116. The second-order valence-electron chi connectivity index (χ2n) is 6.78. The Hall–Kier alpha value is -2.72. The number of para-hydroxylation sites is 1. The number of hydrogen-bond acceptors (Lipinski definition) is 3. The molecule has 1 fully saturated rings. The first-order valence-corrected chi connectivity index (χ1v) is 9.20. The third-order valence-corrected chi connectivity index (χ3v) is 5.00. The van der Waals surface area contributed by atoms with Gasteiger partial charge in [0.05, 0.1) is 11.1 Å². The standard InChI is InChI=1S/C22H23N3O/c26-22(20-11-12-23-21-10-5-4-9-19(20)21)25-14-6-13-24(15-16-25)17-18-7-2-1-3-8-18/h1-5,7-12H,6,13-17H2. The number of carbonyl (C=O) groups excluding carboxylic acids is 1. The zero-order valence-corrected chi connectivity index (χ0v) is 14.8. The quantitative estimate of drug-likeness (QED) is 0.728. The molecule has 132 valence electrons. The Morgan fingerprint density at radius 2 is 1.69 bits per heavy atom. The van der Waals surface area contributed by atoms with E-state index in [0.717, 1.165) is 55.6 Å². The Labute approximate surface area is 154 Å². The van der Waals surface area contributed by atoms with Crippen molar-refractivity contribution in [2.45, 2.75) is 13.0 Å². The van der Waals surface area contributed by atoms with E-state index in [-0.39, 0.29) is 5.91 Å². The molecule has 2 aromatic carbocycles. The molecule has 2 heterocycles. The highest BCUT2D eigenvalue weighted by atomic mass is 16.2. The van der Waals surface area contributed by atoms with Crippen molar-refractivity contribution in [3.05, 3.63) is 78.0 Å². The van der Waals surface area contributed by atoms with Crippen LogP contribution in [-0.2, 0) is 6.54 Å². The molecule has 0 atom stereocenters. The van der Waals surface area contributed by atoms with E-state index in [4.69, 9.17) is 0 Å². The normalized spacial score (nSPS) is 15.8. The summed E-state index contributed by atoms with van der Waals surface area (Å²) in [5.41, 5.74) is 2.96. The summed E-state index contributed by atoms with van der Waals surface area (Å²) in [6, 6.07) is 20.2. The van der Waals surface area contributed by atoms with Crippen LogP contribution in [0.25, 0.3) is 10.9 Å². The fourth-order valence-electron chi connectivity index (χ4n) is 3.63. The van der Waals surface area contributed by atoms with Crippen LogP contribution in [0, 0.1) is 0 Å². The van der Waals surface area contributed by atoms with Gasteiger partial charge < -0.3 is 4.90 Å². The topological polar surface area (TPSA) is 36.4 Å². The van der Waals surface area contributed by atoms with E-state index in [0.29, 0.717) is 0 Å². The van der Waals surface area contributed by atoms with Gasteiger partial charge in [-0.3, -0.25) is 14.7 Å². The molecular formula is C22H23N3O. The molecule has 1 saturated heterocycles. The predicted octanol–water partition coefficient (Wildman–Crippen LogP) is 3.58. The molecular weight excluding hydrogens is 322 g/mol. The number of aromatic nitrogens is 1. The van der Waals surface area contributed by atoms with E-state index in [1.54, 1.807) is 6.20 Å². The average Bonchev–Trinajstić information content (AvgIpc) is 2.93. The third kappa shape index (κ3) is 3.60. The zero-order chi connectivity index (χ0) is 17.8. The largest absolute Gasteiger partial charge is 0.337 e. The minimum Gasteiger partial charge on any atom is -0.337 e. The fourth-order valence-corrected chi connectivity index (χ4v) is 3.63. The summed E-state index contributed by atoms with van der Waals surface area (Å²) in [7, 11) is 0. The van der Waals surface area contributed by atoms with Crippen LogP contribution in [0.2, 0.25) is 0 Å². The lowest BCUT2D eigenvalue weighted by molar-refractivity contribution is 0.0763. The van der Waals surface area contributed by atoms with Gasteiger partial charge in [0, 0.05) is 44.3 Å². The van der Waals surface area contributed by atoms with E-state index in [1.807, 2.05) is 41.3 Å². The van der Waals surface area contributed by atoms with E-state index in [1.165, 1.54) is 5.56 Å². The molecule has 1 amide bonds. The molecule has 1 aromatic heterocycles. The van der Waals surface area contributed by atoms with Gasteiger partial charge in [0.1, 0.15) is 0 Å². The number of carbonyl (C=O) groups is 1. The number of pyridine rings is 1. The highest BCUT2D eigenvalue weighted by molar-refractivity contribution is 6.05. The summed E-state index contributed by atoms with van der Waals surface area (Å²) in [6.45, 7) is 4.45. The molecule has 4 heteroatoms. The fraction of sp³-hybridized carbons (Fsp3) is 0.273. The molecule has 26 heavy (non-hydrogen) atoms. The van der Waals surface area contributed by atoms with Crippen LogP contribution >= 0.6 is 0 Å². The Balaban J connectivity index is 1.47. The van der Waals surface area contributed by atoms with Gasteiger partial charge in [-0.2, -0.15) is 0 Å². The van der Waals surface area contributed by atoms with Gasteiger partial charge in [-0.05, 0) is 24.1 Å². The Morgan fingerprint density at radius 3 is 2.58 bits per heavy atom. The van der Waals surface area contributed by atoms with Crippen LogP contribution in [0.1, 0.15) is 22.3 Å². The number of benzene rings is 2. The molecule has 1 aliphatic heterocycles. The number of hydrogen-bond donors (Lipinski definition) is 0. The van der Waals surface area contributed by atoms with Gasteiger partial charge in [-0.25, -0.2) is 0 Å². The van der Waals surface area contributed by atoms with Gasteiger partial charge in [0.15, 0.2) is 0 Å². The number of nitrogens with zero attached hydrogens (tertiary/aromatic N) is 3. The Kier molecular flexibility index (Phi) is 4.93. The number of rotatable bonds is 3. The van der Waals surface area contributed by atoms with E-state index >= 15 is 0 Å². The van der Waals surface area contributed by atoms with Gasteiger partial charge in [0.2, 0.25) is 0 Å². The molecule has 3 aromatic rings. The lowest BCUT2D eigenvalue weighted by atomic mass is 10.1. The summed E-state index contributed by atoms with van der Waals surface area (Å²) in [4.78, 5) is 21.9. The van der Waals surface area contributed by atoms with Crippen LogP contribution < -0.4 is 0 Å². The lowest BCUT2D eigenvalue weighted by Crippen LogP contribution is -2.35. The van der Waals surface area contributed by atoms with Crippen LogP contribution in [0.3, 0.4) is 0 Å².